The molecule has 0 unspecified atom stereocenters. The van der Waals surface area contributed by atoms with Gasteiger partial charge in [0.05, 0.1) is 13.2 Å². The third-order valence-corrected chi connectivity index (χ3v) is 3.77. The molecule has 1 fully saturated rings. The van der Waals surface area contributed by atoms with Gasteiger partial charge in [-0.25, -0.2) is 0 Å². The molecule has 0 radical (unpaired) electrons. The Morgan fingerprint density at radius 2 is 2.10 bits per heavy atom. The van der Waals surface area contributed by atoms with Gasteiger partial charge in [-0.05, 0) is 30.5 Å². The summed E-state index contributed by atoms with van der Waals surface area (Å²) in [5.41, 5.74) is 1.26. The number of ether oxygens (including phenoxy) is 1. The number of hydrogen-bond acceptors (Lipinski definition) is 4. The minimum Gasteiger partial charge on any atom is -0.379 e. The van der Waals surface area contributed by atoms with Crippen LogP contribution in [0.2, 0.25) is 0 Å². The molecule has 0 aromatic carbocycles. The second kappa shape index (κ2) is 8.74. The Kier molecular flexibility index (Phi) is 6.63. The fourth-order valence-electron chi connectivity index (χ4n) is 2.48. The van der Waals surface area contributed by atoms with E-state index in [0.717, 1.165) is 52.2 Å². The summed E-state index contributed by atoms with van der Waals surface area (Å²) in [6.45, 7) is 6.96. The van der Waals surface area contributed by atoms with Gasteiger partial charge in [-0.15, -0.1) is 0 Å². The van der Waals surface area contributed by atoms with Gasteiger partial charge >= 0.3 is 0 Å². The third-order valence-electron chi connectivity index (χ3n) is 3.77. The molecule has 1 aromatic rings. The molecule has 2 rings (SSSR count). The van der Waals surface area contributed by atoms with Crippen molar-refractivity contribution in [3.63, 3.8) is 0 Å². The van der Waals surface area contributed by atoms with Gasteiger partial charge in [-0.1, -0.05) is 6.92 Å². The summed E-state index contributed by atoms with van der Waals surface area (Å²) in [6, 6.07) is 4.03. The highest BCUT2D eigenvalue weighted by Gasteiger charge is 2.18. The van der Waals surface area contributed by atoms with E-state index in [1.165, 1.54) is 5.56 Å². The number of nitrogens with zero attached hydrogens (tertiary/aromatic N) is 2. The molecule has 1 aliphatic heterocycles. The van der Waals surface area contributed by atoms with Crippen LogP contribution in [-0.2, 0) is 16.0 Å². The molecular formula is C16H25N3O2. The first-order valence-corrected chi connectivity index (χ1v) is 7.72. The number of aryl methyl sites for hydroxylation is 1. The van der Waals surface area contributed by atoms with Gasteiger partial charge in [0.15, 0.2) is 0 Å². The number of amides is 1. The summed E-state index contributed by atoms with van der Waals surface area (Å²) in [7, 11) is 0. The lowest BCUT2D eigenvalue weighted by Gasteiger charge is -2.28. The molecule has 0 bridgehead atoms. The Balaban J connectivity index is 1.60. The molecule has 1 N–H and O–H groups in total. The first-order chi connectivity index (χ1) is 10.3. The molecule has 2 heterocycles. The van der Waals surface area contributed by atoms with Crippen molar-refractivity contribution < 1.29 is 9.53 Å². The minimum absolute atomic E-state index is 0.0315. The average Bonchev–Trinajstić information content (AvgIpc) is 2.53. The molecule has 116 valence electrons. The summed E-state index contributed by atoms with van der Waals surface area (Å²) >= 11 is 0. The number of carbonyl (C=O) groups is 1. The van der Waals surface area contributed by atoms with Gasteiger partial charge in [-0.2, -0.15) is 0 Å². The lowest BCUT2D eigenvalue weighted by Crippen LogP contribution is -2.42. The molecule has 0 spiro atoms. The molecule has 0 saturated carbocycles. The monoisotopic (exact) mass is 291 g/mol. The molecule has 1 aromatic heterocycles. The van der Waals surface area contributed by atoms with Crippen LogP contribution < -0.4 is 5.32 Å². The highest BCUT2D eigenvalue weighted by molar-refractivity contribution is 5.78. The second-order valence-electron chi connectivity index (χ2n) is 5.56. The molecule has 1 atom stereocenters. The van der Waals surface area contributed by atoms with E-state index in [9.17, 15) is 4.79 Å². The standard InChI is InChI=1S/C16H25N3O2/c1-14(13-19-9-11-21-12-10-19)16(20)18-6-2-3-15-4-7-17-8-5-15/h4-5,7-8,14H,2-3,6,9-13H2,1H3,(H,18,20)/t14-/m0/s1. The summed E-state index contributed by atoms with van der Waals surface area (Å²) < 4.78 is 5.32. The maximum absolute atomic E-state index is 12.0. The summed E-state index contributed by atoms with van der Waals surface area (Å²) in [6.07, 6.45) is 5.54. The molecular weight excluding hydrogens is 266 g/mol. The van der Waals surface area contributed by atoms with E-state index < -0.39 is 0 Å². The Morgan fingerprint density at radius 1 is 1.38 bits per heavy atom. The summed E-state index contributed by atoms with van der Waals surface area (Å²) in [4.78, 5) is 18.3. The van der Waals surface area contributed by atoms with Crippen LogP contribution in [-0.4, -0.2) is 55.2 Å². The van der Waals surface area contributed by atoms with Crippen molar-refractivity contribution in [2.45, 2.75) is 19.8 Å². The predicted molar refractivity (Wildman–Crippen MR) is 82.0 cm³/mol. The highest BCUT2D eigenvalue weighted by atomic mass is 16.5. The van der Waals surface area contributed by atoms with Crippen molar-refractivity contribution in [1.29, 1.82) is 0 Å². The zero-order chi connectivity index (χ0) is 14.9. The van der Waals surface area contributed by atoms with Gasteiger partial charge in [-0.3, -0.25) is 14.7 Å². The minimum atomic E-state index is 0.0315. The summed E-state index contributed by atoms with van der Waals surface area (Å²) in [5.74, 6) is 0.181. The van der Waals surface area contributed by atoms with Crippen molar-refractivity contribution in [2.24, 2.45) is 5.92 Å². The van der Waals surface area contributed by atoms with Crippen LogP contribution in [0.15, 0.2) is 24.5 Å². The number of rotatable bonds is 7. The molecule has 5 heteroatoms. The lowest BCUT2D eigenvalue weighted by molar-refractivity contribution is -0.125. The summed E-state index contributed by atoms with van der Waals surface area (Å²) in [5, 5.41) is 3.03. The maximum Gasteiger partial charge on any atom is 0.224 e. The fourth-order valence-corrected chi connectivity index (χ4v) is 2.48. The van der Waals surface area contributed by atoms with Crippen LogP contribution in [0.3, 0.4) is 0 Å². The molecule has 5 nitrogen and oxygen atoms in total. The molecule has 0 aliphatic carbocycles. The van der Waals surface area contributed by atoms with E-state index in [4.69, 9.17) is 4.74 Å². The zero-order valence-electron chi connectivity index (χ0n) is 12.8. The molecule has 21 heavy (non-hydrogen) atoms. The number of nitrogens with one attached hydrogen (secondary N) is 1. The number of pyridine rings is 1. The quantitative estimate of drug-likeness (QED) is 0.764. The Labute approximate surface area is 126 Å². The van der Waals surface area contributed by atoms with Crippen molar-refractivity contribution in [2.75, 3.05) is 39.4 Å². The van der Waals surface area contributed by atoms with E-state index in [1.54, 1.807) is 12.4 Å². The van der Waals surface area contributed by atoms with Crippen LogP contribution in [0.1, 0.15) is 18.9 Å². The highest BCUT2D eigenvalue weighted by Crippen LogP contribution is 2.04. The third kappa shape index (κ3) is 5.81. The van der Waals surface area contributed by atoms with Crippen LogP contribution in [0.4, 0.5) is 0 Å². The van der Waals surface area contributed by atoms with Crippen molar-refractivity contribution in [3.8, 4) is 0 Å². The Morgan fingerprint density at radius 3 is 2.81 bits per heavy atom. The van der Waals surface area contributed by atoms with E-state index in [-0.39, 0.29) is 11.8 Å². The first kappa shape index (κ1) is 15.9. The van der Waals surface area contributed by atoms with Gasteiger partial charge in [0.2, 0.25) is 5.91 Å². The van der Waals surface area contributed by atoms with Crippen LogP contribution in [0.5, 0.6) is 0 Å². The van der Waals surface area contributed by atoms with Crippen LogP contribution in [0, 0.1) is 5.92 Å². The van der Waals surface area contributed by atoms with Crippen molar-refractivity contribution in [1.82, 2.24) is 15.2 Å². The van der Waals surface area contributed by atoms with Gasteiger partial charge in [0.25, 0.3) is 0 Å². The van der Waals surface area contributed by atoms with Crippen LogP contribution >= 0.6 is 0 Å². The van der Waals surface area contributed by atoms with Gasteiger partial charge in [0.1, 0.15) is 0 Å². The SMILES string of the molecule is C[C@@H](CN1CCOCC1)C(=O)NCCCc1ccncc1. The van der Waals surface area contributed by atoms with E-state index in [0.29, 0.717) is 0 Å². The van der Waals surface area contributed by atoms with Crippen molar-refractivity contribution in [3.05, 3.63) is 30.1 Å². The first-order valence-electron chi connectivity index (χ1n) is 7.72. The van der Waals surface area contributed by atoms with Gasteiger partial charge < -0.3 is 10.1 Å². The normalized spacial score (nSPS) is 17.4. The van der Waals surface area contributed by atoms with Gasteiger partial charge in [0, 0.05) is 44.5 Å². The predicted octanol–water partition coefficient (Wildman–Crippen LogP) is 1.10. The van der Waals surface area contributed by atoms with E-state index >= 15 is 0 Å². The number of hydrogen-bond donors (Lipinski definition) is 1. The van der Waals surface area contributed by atoms with Crippen molar-refractivity contribution >= 4 is 5.91 Å². The smallest absolute Gasteiger partial charge is 0.224 e. The molecule has 1 saturated heterocycles. The molecule has 1 amide bonds. The zero-order valence-corrected chi connectivity index (χ0v) is 12.8. The average molecular weight is 291 g/mol. The largest absolute Gasteiger partial charge is 0.379 e. The number of morpholine rings is 1. The second-order valence-corrected chi connectivity index (χ2v) is 5.56. The lowest BCUT2D eigenvalue weighted by atomic mass is 10.1. The maximum atomic E-state index is 12.0. The molecule has 1 aliphatic rings. The van der Waals surface area contributed by atoms with E-state index in [1.807, 2.05) is 19.1 Å². The Bertz CT molecular complexity index is 419. The van der Waals surface area contributed by atoms with Crippen LogP contribution in [0.25, 0.3) is 0 Å². The number of aromatic nitrogens is 1. The van der Waals surface area contributed by atoms with E-state index in [2.05, 4.69) is 15.2 Å². The fraction of sp³-hybridized carbons (Fsp3) is 0.625. The Hall–Kier alpha value is -1.46. The topological polar surface area (TPSA) is 54.5 Å². The number of carbonyl (C=O) groups excluding carboxylic acids is 1.